The first-order valence-electron chi connectivity index (χ1n) is 11.7. The van der Waals surface area contributed by atoms with Gasteiger partial charge in [-0.2, -0.15) is 4.31 Å². The number of nitrogens with two attached hydrogens (primary N) is 1. The smallest absolute Gasteiger partial charge is 0.405 e. The molecule has 0 spiro atoms. The molecule has 1 heterocycles. The standard InChI is InChI=1S/C26H27F3N4O4S/c1-38(35,36)33-14-12-32(13-15-33)17-18-2-9-22(10-3-18)31-25(34)20-6-4-19(5-7-20)23-16-21(30)8-11-24(23)37-26(27,28)29/h2-11,16H,12-15,17,30H2,1H3,(H,31,34). The molecular formula is C26H27F3N4O4S. The van der Waals surface area contributed by atoms with Crippen molar-refractivity contribution in [3.63, 3.8) is 0 Å². The highest BCUT2D eigenvalue weighted by molar-refractivity contribution is 7.88. The Morgan fingerprint density at radius 2 is 1.61 bits per heavy atom. The van der Waals surface area contributed by atoms with E-state index in [1.165, 1.54) is 47.0 Å². The quantitative estimate of drug-likeness (QED) is 0.430. The van der Waals surface area contributed by atoms with E-state index in [-0.39, 0.29) is 22.9 Å². The van der Waals surface area contributed by atoms with E-state index in [4.69, 9.17) is 5.73 Å². The van der Waals surface area contributed by atoms with Gasteiger partial charge in [-0.1, -0.05) is 24.3 Å². The lowest BCUT2D eigenvalue weighted by Crippen LogP contribution is -2.47. The number of nitrogen functional groups attached to an aromatic ring is 1. The Morgan fingerprint density at radius 1 is 0.974 bits per heavy atom. The lowest BCUT2D eigenvalue weighted by Gasteiger charge is -2.33. The molecule has 0 atom stereocenters. The molecule has 1 amide bonds. The Balaban J connectivity index is 1.37. The molecule has 1 aliphatic rings. The molecule has 3 aromatic rings. The van der Waals surface area contributed by atoms with Crippen molar-refractivity contribution in [1.82, 2.24) is 9.21 Å². The van der Waals surface area contributed by atoms with Crippen LogP contribution in [0.15, 0.2) is 66.7 Å². The monoisotopic (exact) mass is 548 g/mol. The van der Waals surface area contributed by atoms with Crippen molar-refractivity contribution in [2.75, 3.05) is 43.5 Å². The first-order valence-corrected chi connectivity index (χ1v) is 13.6. The molecule has 0 unspecified atom stereocenters. The fraction of sp³-hybridized carbons (Fsp3) is 0.269. The molecule has 0 radical (unpaired) electrons. The van der Waals surface area contributed by atoms with Crippen molar-refractivity contribution < 1.29 is 31.1 Å². The van der Waals surface area contributed by atoms with Crippen LogP contribution in [0, 0.1) is 0 Å². The second-order valence-corrected chi connectivity index (χ2v) is 11.0. The summed E-state index contributed by atoms with van der Waals surface area (Å²) < 4.78 is 67.2. The summed E-state index contributed by atoms with van der Waals surface area (Å²) in [6.07, 6.45) is -3.64. The van der Waals surface area contributed by atoms with Crippen LogP contribution in [0.5, 0.6) is 5.75 Å². The third-order valence-corrected chi connectivity index (χ3v) is 7.41. The number of benzene rings is 3. The largest absolute Gasteiger partial charge is 0.573 e. The molecule has 0 aliphatic carbocycles. The summed E-state index contributed by atoms with van der Waals surface area (Å²) >= 11 is 0. The predicted octanol–water partition coefficient (Wildman–Crippen LogP) is 4.16. The summed E-state index contributed by atoms with van der Waals surface area (Å²) in [5, 5.41) is 2.80. The number of halogens is 3. The van der Waals surface area contributed by atoms with Gasteiger partial charge in [-0.3, -0.25) is 9.69 Å². The summed E-state index contributed by atoms with van der Waals surface area (Å²) in [5.41, 5.74) is 8.52. The number of ether oxygens (including phenoxy) is 1. The van der Waals surface area contributed by atoms with E-state index in [0.717, 1.165) is 11.6 Å². The normalized spacial score (nSPS) is 15.3. The molecule has 3 N–H and O–H groups in total. The number of sulfonamides is 1. The average molecular weight is 549 g/mol. The molecule has 202 valence electrons. The lowest BCUT2D eigenvalue weighted by molar-refractivity contribution is -0.274. The number of anilines is 2. The fourth-order valence-corrected chi connectivity index (χ4v) is 4.99. The van der Waals surface area contributed by atoms with Gasteiger partial charge in [-0.15, -0.1) is 13.2 Å². The van der Waals surface area contributed by atoms with Crippen molar-refractivity contribution in [1.29, 1.82) is 0 Å². The molecule has 0 saturated carbocycles. The van der Waals surface area contributed by atoms with Crippen LogP contribution in [0.25, 0.3) is 11.1 Å². The average Bonchev–Trinajstić information content (AvgIpc) is 2.85. The van der Waals surface area contributed by atoms with Crippen molar-refractivity contribution in [2.24, 2.45) is 0 Å². The van der Waals surface area contributed by atoms with Crippen LogP contribution in [-0.4, -0.2) is 62.3 Å². The number of piperazine rings is 1. The zero-order chi connectivity index (χ0) is 27.5. The van der Waals surface area contributed by atoms with E-state index in [1.54, 1.807) is 12.1 Å². The third-order valence-electron chi connectivity index (χ3n) is 6.11. The molecular weight excluding hydrogens is 521 g/mol. The number of hydrogen-bond acceptors (Lipinski definition) is 6. The van der Waals surface area contributed by atoms with E-state index in [1.807, 2.05) is 12.1 Å². The number of carbonyl (C=O) groups is 1. The summed E-state index contributed by atoms with van der Waals surface area (Å²) in [6, 6.07) is 17.3. The first-order chi connectivity index (χ1) is 17.9. The Kier molecular flexibility index (Phi) is 7.95. The number of nitrogens with zero attached hydrogens (tertiary/aromatic N) is 2. The molecule has 0 bridgehead atoms. The molecule has 1 saturated heterocycles. The minimum Gasteiger partial charge on any atom is -0.405 e. The second-order valence-electron chi connectivity index (χ2n) is 8.97. The summed E-state index contributed by atoms with van der Waals surface area (Å²) in [4.78, 5) is 14.9. The first kappa shape index (κ1) is 27.4. The molecule has 1 fully saturated rings. The molecule has 1 aliphatic heterocycles. The predicted molar refractivity (Wildman–Crippen MR) is 139 cm³/mol. The maximum atomic E-state index is 12.8. The van der Waals surface area contributed by atoms with Gasteiger partial charge >= 0.3 is 6.36 Å². The van der Waals surface area contributed by atoms with Crippen molar-refractivity contribution >= 4 is 27.3 Å². The molecule has 38 heavy (non-hydrogen) atoms. The van der Waals surface area contributed by atoms with Gasteiger partial charge in [0, 0.05) is 55.2 Å². The van der Waals surface area contributed by atoms with Gasteiger partial charge in [0.15, 0.2) is 0 Å². The van der Waals surface area contributed by atoms with Crippen LogP contribution in [0.4, 0.5) is 24.5 Å². The minimum atomic E-state index is -4.85. The highest BCUT2D eigenvalue weighted by Gasteiger charge is 2.32. The van der Waals surface area contributed by atoms with Crippen LogP contribution in [0.3, 0.4) is 0 Å². The van der Waals surface area contributed by atoms with Crippen molar-refractivity contribution in [3.05, 3.63) is 77.9 Å². The third kappa shape index (κ3) is 7.24. The number of alkyl halides is 3. The number of amides is 1. The summed E-state index contributed by atoms with van der Waals surface area (Å²) in [7, 11) is -3.17. The van der Waals surface area contributed by atoms with Gasteiger partial charge in [0.1, 0.15) is 5.75 Å². The number of carbonyl (C=O) groups excluding carboxylic acids is 1. The Bertz CT molecular complexity index is 1390. The van der Waals surface area contributed by atoms with Crippen molar-refractivity contribution in [2.45, 2.75) is 12.9 Å². The molecule has 12 heteroatoms. The van der Waals surface area contributed by atoms with Gasteiger partial charge in [0.25, 0.3) is 5.91 Å². The minimum absolute atomic E-state index is 0.155. The zero-order valence-electron chi connectivity index (χ0n) is 20.5. The summed E-state index contributed by atoms with van der Waals surface area (Å²) in [6.45, 7) is 2.86. The number of rotatable bonds is 7. The van der Waals surface area contributed by atoms with E-state index in [2.05, 4.69) is 15.0 Å². The molecule has 3 aromatic carbocycles. The zero-order valence-corrected chi connectivity index (χ0v) is 21.3. The Morgan fingerprint density at radius 3 is 2.18 bits per heavy atom. The molecule has 0 aromatic heterocycles. The Labute approximate surface area is 218 Å². The number of nitrogens with one attached hydrogen (secondary N) is 1. The van der Waals surface area contributed by atoms with Crippen molar-refractivity contribution in [3.8, 4) is 16.9 Å². The van der Waals surface area contributed by atoms with Crippen LogP contribution in [0.2, 0.25) is 0 Å². The van der Waals surface area contributed by atoms with E-state index >= 15 is 0 Å². The summed E-state index contributed by atoms with van der Waals surface area (Å²) in [5.74, 6) is -0.762. The lowest BCUT2D eigenvalue weighted by atomic mass is 10.0. The molecule has 4 rings (SSSR count). The fourth-order valence-electron chi connectivity index (χ4n) is 4.16. The van der Waals surface area contributed by atoms with Crippen LogP contribution >= 0.6 is 0 Å². The van der Waals surface area contributed by atoms with Gasteiger partial charge in [0.05, 0.1) is 6.26 Å². The molecule has 8 nitrogen and oxygen atoms in total. The Hall–Kier alpha value is -3.61. The van der Waals surface area contributed by atoms with Crippen LogP contribution in [0.1, 0.15) is 15.9 Å². The second kappa shape index (κ2) is 11.0. The van der Waals surface area contributed by atoms with Crippen LogP contribution in [-0.2, 0) is 16.6 Å². The number of hydrogen-bond donors (Lipinski definition) is 2. The van der Waals surface area contributed by atoms with Gasteiger partial charge in [-0.25, -0.2) is 8.42 Å². The highest BCUT2D eigenvalue weighted by Crippen LogP contribution is 2.35. The van der Waals surface area contributed by atoms with E-state index in [0.29, 0.717) is 49.5 Å². The van der Waals surface area contributed by atoms with Crippen LogP contribution < -0.4 is 15.8 Å². The van der Waals surface area contributed by atoms with Gasteiger partial charge in [-0.05, 0) is 53.6 Å². The highest BCUT2D eigenvalue weighted by atomic mass is 32.2. The topological polar surface area (TPSA) is 105 Å². The van der Waals surface area contributed by atoms with E-state index < -0.39 is 16.4 Å². The van der Waals surface area contributed by atoms with Gasteiger partial charge in [0.2, 0.25) is 10.0 Å². The maximum Gasteiger partial charge on any atom is 0.573 e. The van der Waals surface area contributed by atoms with Gasteiger partial charge < -0.3 is 15.8 Å². The van der Waals surface area contributed by atoms with E-state index in [9.17, 15) is 26.4 Å². The SMILES string of the molecule is CS(=O)(=O)N1CCN(Cc2ccc(NC(=O)c3ccc(-c4cc(N)ccc4OC(F)(F)F)cc3)cc2)CC1. The maximum absolute atomic E-state index is 12.8.